The molecule has 0 aliphatic carbocycles. The van der Waals surface area contributed by atoms with E-state index < -0.39 is 0 Å². The molecule has 0 spiro atoms. The molecule has 0 radical (unpaired) electrons. The Bertz CT molecular complexity index is 350. The Balaban J connectivity index is 2.87. The van der Waals surface area contributed by atoms with Crippen molar-refractivity contribution in [3.63, 3.8) is 0 Å². The first-order valence-corrected chi connectivity index (χ1v) is 6.99. The predicted octanol–water partition coefficient (Wildman–Crippen LogP) is 3.66. The Morgan fingerprint density at radius 2 is 1.61 bits per heavy atom. The molecule has 3 N–H and O–H groups in total. The normalized spacial score (nSPS) is 13.4. The third-order valence-corrected chi connectivity index (χ3v) is 3.74. The van der Waals surface area contributed by atoms with E-state index in [-0.39, 0.29) is 0 Å². The molecule has 18 heavy (non-hydrogen) atoms. The number of rotatable bonds is 6. The number of anilines is 1. The van der Waals surface area contributed by atoms with Crippen LogP contribution in [0.5, 0.6) is 0 Å². The van der Waals surface area contributed by atoms with Crippen LogP contribution in [0.15, 0.2) is 24.3 Å². The van der Waals surface area contributed by atoms with Crippen molar-refractivity contribution >= 4 is 5.69 Å². The quantitative estimate of drug-likeness (QED) is 0.806. The fraction of sp³-hybridized carbons (Fsp3) is 0.625. The van der Waals surface area contributed by atoms with Crippen LogP contribution in [0, 0.1) is 24.7 Å². The third-order valence-electron chi connectivity index (χ3n) is 3.74. The highest BCUT2D eigenvalue weighted by atomic mass is 15.0. The lowest BCUT2D eigenvalue weighted by Gasteiger charge is -2.34. The third kappa shape index (κ3) is 3.74. The van der Waals surface area contributed by atoms with Gasteiger partial charge in [-0.1, -0.05) is 45.9 Å². The largest absolute Gasteiger partial charge is 0.381 e. The number of aryl methyl sites for hydroxylation is 1. The minimum atomic E-state index is 0.339. The van der Waals surface area contributed by atoms with Gasteiger partial charge in [-0.3, -0.25) is 0 Å². The van der Waals surface area contributed by atoms with E-state index in [4.69, 9.17) is 5.73 Å². The molecule has 0 aliphatic heterocycles. The van der Waals surface area contributed by atoms with Crippen molar-refractivity contribution in [2.24, 2.45) is 23.5 Å². The summed E-state index contributed by atoms with van der Waals surface area (Å²) in [5.74, 6) is 1.86. The average molecular weight is 248 g/mol. The van der Waals surface area contributed by atoms with Crippen LogP contribution in [-0.2, 0) is 0 Å². The first kappa shape index (κ1) is 15.0. The molecule has 2 heteroatoms. The topological polar surface area (TPSA) is 38.0 Å². The molecule has 0 aromatic heterocycles. The van der Waals surface area contributed by atoms with Crippen molar-refractivity contribution in [1.29, 1.82) is 0 Å². The van der Waals surface area contributed by atoms with Crippen molar-refractivity contribution in [3.05, 3.63) is 29.8 Å². The monoisotopic (exact) mass is 248 g/mol. The first-order chi connectivity index (χ1) is 8.47. The lowest BCUT2D eigenvalue weighted by Crippen LogP contribution is -2.41. The molecular weight excluding hydrogens is 220 g/mol. The maximum Gasteiger partial charge on any atom is 0.0416 e. The SMILES string of the molecule is Cc1ccccc1NC(CN)C(C(C)C)C(C)C. The van der Waals surface area contributed by atoms with Crippen LogP contribution in [0.25, 0.3) is 0 Å². The molecule has 1 atom stereocenters. The van der Waals surface area contributed by atoms with E-state index in [2.05, 4.69) is 64.2 Å². The van der Waals surface area contributed by atoms with Gasteiger partial charge in [0, 0.05) is 18.3 Å². The summed E-state index contributed by atoms with van der Waals surface area (Å²) in [6.45, 7) is 11.9. The average Bonchev–Trinajstić information content (AvgIpc) is 2.29. The lowest BCUT2D eigenvalue weighted by molar-refractivity contribution is 0.252. The zero-order valence-electron chi connectivity index (χ0n) is 12.4. The summed E-state index contributed by atoms with van der Waals surface area (Å²) in [5, 5.41) is 3.63. The molecule has 0 aliphatic rings. The number of nitrogens with one attached hydrogen (secondary N) is 1. The molecule has 102 valence electrons. The van der Waals surface area contributed by atoms with Gasteiger partial charge in [0.15, 0.2) is 0 Å². The highest BCUT2D eigenvalue weighted by Gasteiger charge is 2.26. The number of hydrogen-bond donors (Lipinski definition) is 2. The predicted molar refractivity (Wildman–Crippen MR) is 80.8 cm³/mol. The Kier molecular flexibility index (Phi) is 5.67. The van der Waals surface area contributed by atoms with Crippen LogP contribution in [0.3, 0.4) is 0 Å². The van der Waals surface area contributed by atoms with Crippen LogP contribution in [0.1, 0.15) is 33.3 Å². The van der Waals surface area contributed by atoms with E-state index in [1.807, 2.05) is 0 Å². The van der Waals surface area contributed by atoms with Gasteiger partial charge in [-0.25, -0.2) is 0 Å². The molecule has 1 unspecified atom stereocenters. The Morgan fingerprint density at radius 1 is 1.06 bits per heavy atom. The number of nitrogens with two attached hydrogens (primary N) is 1. The summed E-state index contributed by atoms with van der Waals surface area (Å²) in [6.07, 6.45) is 0. The molecule has 1 aromatic rings. The summed E-state index contributed by atoms with van der Waals surface area (Å²) < 4.78 is 0. The summed E-state index contributed by atoms with van der Waals surface area (Å²) in [5.41, 5.74) is 8.47. The van der Waals surface area contributed by atoms with E-state index in [1.54, 1.807) is 0 Å². The van der Waals surface area contributed by atoms with Crippen molar-refractivity contribution in [2.75, 3.05) is 11.9 Å². The maximum absolute atomic E-state index is 5.98. The minimum Gasteiger partial charge on any atom is -0.381 e. The Morgan fingerprint density at radius 3 is 2.06 bits per heavy atom. The lowest BCUT2D eigenvalue weighted by atomic mass is 9.79. The second kappa shape index (κ2) is 6.79. The Hall–Kier alpha value is -1.02. The van der Waals surface area contributed by atoms with E-state index in [0.717, 1.165) is 0 Å². The number of para-hydroxylation sites is 1. The van der Waals surface area contributed by atoms with E-state index in [0.29, 0.717) is 30.3 Å². The van der Waals surface area contributed by atoms with E-state index >= 15 is 0 Å². The molecule has 0 fully saturated rings. The molecule has 1 aromatic carbocycles. The first-order valence-electron chi connectivity index (χ1n) is 6.99. The molecule has 0 bridgehead atoms. The molecular formula is C16H28N2. The molecule has 0 saturated heterocycles. The van der Waals surface area contributed by atoms with Crippen LogP contribution >= 0.6 is 0 Å². The molecule has 2 nitrogen and oxygen atoms in total. The van der Waals surface area contributed by atoms with Gasteiger partial charge in [0.1, 0.15) is 0 Å². The van der Waals surface area contributed by atoms with E-state index in [9.17, 15) is 0 Å². The van der Waals surface area contributed by atoms with Crippen LogP contribution in [0.2, 0.25) is 0 Å². The van der Waals surface area contributed by atoms with Gasteiger partial charge >= 0.3 is 0 Å². The highest BCUT2D eigenvalue weighted by molar-refractivity contribution is 5.51. The maximum atomic E-state index is 5.98. The van der Waals surface area contributed by atoms with Crippen LogP contribution in [-0.4, -0.2) is 12.6 Å². The zero-order chi connectivity index (χ0) is 13.7. The van der Waals surface area contributed by atoms with Gasteiger partial charge in [0.25, 0.3) is 0 Å². The number of benzene rings is 1. The second-order valence-corrected chi connectivity index (χ2v) is 5.87. The van der Waals surface area contributed by atoms with Crippen LogP contribution < -0.4 is 11.1 Å². The molecule has 0 heterocycles. The van der Waals surface area contributed by atoms with Gasteiger partial charge in [0.05, 0.1) is 0 Å². The smallest absolute Gasteiger partial charge is 0.0416 e. The summed E-state index contributed by atoms with van der Waals surface area (Å²) in [4.78, 5) is 0. The van der Waals surface area contributed by atoms with Gasteiger partial charge in [0.2, 0.25) is 0 Å². The van der Waals surface area contributed by atoms with Gasteiger partial charge in [-0.15, -0.1) is 0 Å². The number of hydrogen-bond acceptors (Lipinski definition) is 2. The second-order valence-electron chi connectivity index (χ2n) is 5.87. The van der Waals surface area contributed by atoms with Crippen LogP contribution in [0.4, 0.5) is 5.69 Å². The standard InChI is InChI=1S/C16H28N2/c1-11(2)16(12(3)4)15(10-17)18-14-9-7-6-8-13(14)5/h6-9,11-12,15-16,18H,10,17H2,1-5H3. The molecule has 0 amide bonds. The molecule has 0 saturated carbocycles. The molecule has 1 rings (SSSR count). The summed E-state index contributed by atoms with van der Waals surface area (Å²) in [6, 6.07) is 8.75. The van der Waals surface area contributed by atoms with Gasteiger partial charge < -0.3 is 11.1 Å². The fourth-order valence-electron chi connectivity index (χ4n) is 2.95. The minimum absolute atomic E-state index is 0.339. The van der Waals surface area contributed by atoms with Crippen molar-refractivity contribution in [1.82, 2.24) is 0 Å². The van der Waals surface area contributed by atoms with E-state index in [1.165, 1.54) is 11.3 Å². The highest BCUT2D eigenvalue weighted by Crippen LogP contribution is 2.27. The van der Waals surface area contributed by atoms with Gasteiger partial charge in [-0.2, -0.15) is 0 Å². The zero-order valence-corrected chi connectivity index (χ0v) is 12.4. The van der Waals surface area contributed by atoms with Crippen molar-refractivity contribution < 1.29 is 0 Å². The van der Waals surface area contributed by atoms with Crippen molar-refractivity contribution in [2.45, 2.75) is 40.7 Å². The summed E-state index contributed by atoms with van der Waals surface area (Å²) >= 11 is 0. The van der Waals surface area contributed by atoms with Crippen molar-refractivity contribution in [3.8, 4) is 0 Å². The van der Waals surface area contributed by atoms with Gasteiger partial charge in [-0.05, 0) is 36.3 Å². The summed E-state index contributed by atoms with van der Waals surface area (Å²) in [7, 11) is 0. The Labute approximate surface area is 112 Å². The fourth-order valence-corrected chi connectivity index (χ4v) is 2.95.